The van der Waals surface area contributed by atoms with E-state index in [4.69, 9.17) is 9.15 Å². The highest BCUT2D eigenvalue weighted by Crippen LogP contribution is 2.44. The molecule has 0 saturated carbocycles. The molecule has 1 saturated heterocycles. The van der Waals surface area contributed by atoms with Crippen LogP contribution < -0.4 is 10.1 Å². The second-order valence-electron chi connectivity index (χ2n) is 6.11. The molecule has 5 heteroatoms. The summed E-state index contributed by atoms with van der Waals surface area (Å²) in [6, 6.07) is 10.0. The maximum atomic E-state index is 12.3. The zero-order valence-electron chi connectivity index (χ0n) is 13.1. The SMILES string of the molecule is COc1ccc2c(c1)C(N1CCCC1=O)C[C@@H](c1ccco1)N2. The minimum Gasteiger partial charge on any atom is -0.497 e. The van der Waals surface area contributed by atoms with Crippen molar-refractivity contribution in [2.24, 2.45) is 0 Å². The Hall–Kier alpha value is -2.43. The molecule has 1 amide bonds. The predicted octanol–water partition coefficient (Wildman–Crippen LogP) is 3.51. The number of nitrogens with one attached hydrogen (secondary N) is 1. The summed E-state index contributed by atoms with van der Waals surface area (Å²) in [6.45, 7) is 0.824. The van der Waals surface area contributed by atoms with Crippen molar-refractivity contribution in [2.75, 3.05) is 19.0 Å². The van der Waals surface area contributed by atoms with Gasteiger partial charge in [0.1, 0.15) is 11.5 Å². The summed E-state index contributed by atoms with van der Waals surface area (Å²) in [6.07, 6.45) is 4.08. The first-order valence-electron chi connectivity index (χ1n) is 8.03. The second kappa shape index (κ2) is 5.65. The Morgan fingerprint density at radius 3 is 2.96 bits per heavy atom. The standard InChI is InChI=1S/C18H20N2O3/c1-22-12-6-7-14-13(10-12)16(20-8-2-5-18(20)21)11-15(19-14)17-4-3-9-23-17/h3-4,6-7,9-10,15-16,19H,2,5,8,11H2,1H3/t15-,16?/m0/s1. The molecule has 1 aromatic carbocycles. The molecular weight excluding hydrogens is 292 g/mol. The number of furan rings is 1. The van der Waals surface area contributed by atoms with Crippen molar-refractivity contribution in [3.8, 4) is 5.75 Å². The Morgan fingerprint density at radius 2 is 2.26 bits per heavy atom. The molecule has 2 aromatic rings. The smallest absolute Gasteiger partial charge is 0.223 e. The quantitative estimate of drug-likeness (QED) is 0.942. The summed E-state index contributed by atoms with van der Waals surface area (Å²) in [5.74, 6) is 1.96. The Morgan fingerprint density at radius 1 is 1.35 bits per heavy atom. The molecule has 4 rings (SSSR count). The normalized spacial score (nSPS) is 23.5. The highest BCUT2D eigenvalue weighted by molar-refractivity contribution is 5.79. The monoisotopic (exact) mass is 312 g/mol. The van der Waals surface area contributed by atoms with Gasteiger partial charge in [0.05, 0.1) is 25.5 Å². The molecule has 2 aliphatic rings. The number of likely N-dealkylation sites (tertiary alicyclic amines) is 1. The predicted molar refractivity (Wildman–Crippen MR) is 86.4 cm³/mol. The molecule has 1 N–H and O–H groups in total. The van der Waals surface area contributed by atoms with Crippen molar-refractivity contribution in [3.63, 3.8) is 0 Å². The Labute approximate surface area is 135 Å². The first-order chi connectivity index (χ1) is 11.3. The fourth-order valence-electron chi connectivity index (χ4n) is 3.64. The summed E-state index contributed by atoms with van der Waals surface area (Å²) in [4.78, 5) is 14.3. The molecule has 5 nitrogen and oxygen atoms in total. The van der Waals surface area contributed by atoms with E-state index in [0.717, 1.165) is 42.1 Å². The van der Waals surface area contributed by atoms with Crippen molar-refractivity contribution in [2.45, 2.75) is 31.3 Å². The van der Waals surface area contributed by atoms with Crippen LogP contribution in [0.15, 0.2) is 41.0 Å². The molecule has 1 aromatic heterocycles. The van der Waals surface area contributed by atoms with Crippen LogP contribution in [-0.2, 0) is 4.79 Å². The summed E-state index contributed by atoms with van der Waals surface area (Å²) in [5.41, 5.74) is 2.17. The topological polar surface area (TPSA) is 54.7 Å². The molecule has 1 fully saturated rings. The van der Waals surface area contributed by atoms with Gasteiger partial charge in [-0.3, -0.25) is 4.79 Å². The maximum Gasteiger partial charge on any atom is 0.223 e. The zero-order chi connectivity index (χ0) is 15.8. The second-order valence-corrected chi connectivity index (χ2v) is 6.11. The van der Waals surface area contributed by atoms with Crippen molar-refractivity contribution < 1.29 is 13.9 Å². The number of ether oxygens (including phenoxy) is 1. The molecule has 120 valence electrons. The number of benzene rings is 1. The number of rotatable bonds is 3. The lowest BCUT2D eigenvalue weighted by Crippen LogP contribution is -2.35. The molecular formula is C18H20N2O3. The first-order valence-corrected chi connectivity index (χ1v) is 8.03. The summed E-state index contributed by atoms with van der Waals surface area (Å²) < 4.78 is 10.9. The van der Waals surface area contributed by atoms with Gasteiger partial charge in [-0.15, -0.1) is 0 Å². The Kier molecular flexibility index (Phi) is 3.48. The number of nitrogens with zero attached hydrogens (tertiary/aromatic N) is 1. The fraction of sp³-hybridized carbons (Fsp3) is 0.389. The van der Waals surface area contributed by atoms with Crippen LogP contribution in [0.25, 0.3) is 0 Å². The van der Waals surface area contributed by atoms with E-state index in [2.05, 4.69) is 5.32 Å². The van der Waals surface area contributed by atoms with Crippen molar-refractivity contribution >= 4 is 11.6 Å². The molecule has 3 heterocycles. The van der Waals surface area contributed by atoms with Crippen LogP contribution in [0.4, 0.5) is 5.69 Å². The van der Waals surface area contributed by atoms with E-state index in [0.29, 0.717) is 6.42 Å². The average molecular weight is 312 g/mol. The van der Waals surface area contributed by atoms with Gasteiger partial charge in [-0.1, -0.05) is 0 Å². The molecule has 2 atom stereocenters. The highest BCUT2D eigenvalue weighted by atomic mass is 16.5. The van der Waals surface area contributed by atoms with Crippen molar-refractivity contribution in [1.82, 2.24) is 4.90 Å². The molecule has 1 unspecified atom stereocenters. The number of anilines is 1. The molecule has 23 heavy (non-hydrogen) atoms. The Bertz CT molecular complexity index is 711. The number of methoxy groups -OCH3 is 1. The number of fused-ring (bicyclic) bond motifs is 1. The zero-order valence-corrected chi connectivity index (χ0v) is 13.1. The van der Waals surface area contributed by atoms with Crippen molar-refractivity contribution in [1.29, 1.82) is 0 Å². The van der Waals surface area contributed by atoms with E-state index in [9.17, 15) is 4.79 Å². The van der Waals surface area contributed by atoms with Crippen LogP contribution in [0.2, 0.25) is 0 Å². The minimum absolute atomic E-state index is 0.0615. The number of hydrogen-bond acceptors (Lipinski definition) is 4. The first kappa shape index (κ1) is 14.2. The highest BCUT2D eigenvalue weighted by Gasteiger charge is 2.36. The third-order valence-electron chi connectivity index (χ3n) is 4.78. The number of carbonyl (C=O) groups is 1. The van der Waals surface area contributed by atoms with Gasteiger partial charge in [0, 0.05) is 24.2 Å². The van der Waals surface area contributed by atoms with Crippen molar-refractivity contribution in [3.05, 3.63) is 47.9 Å². The van der Waals surface area contributed by atoms with Gasteiger partial charge in [-0.25, -0.2) is 0 Å². The van der Waals surface area contributed by atoms with E-state index in [1.165, 1.54) is 0 Å². The van der Waals surface area contributed by atoms with Gasteiger partial charge in [0.15, 0.2) is 0 Å². The number of amides is 1. The van der Waals surface area contributed by atoms with Crippen LogP contribution in [0.3, 0.4) is 0 Å². The van der Waals surface area contributed by atoms with E-state index in [1.807, 2.05) is 35.2 Å². The lowest BCUT2D eigenvalue weighted by Gasteiger charge is -2.37. The van der Waals surface area contributed by atoms with Crippen LogP contribution in [0, 0.1) is 0 Å². The Balaban J connectivity index is 1.74. The van der Waals surface area contributed by atoms with E-state index in [-0.39, 0.29) is 18.0 Å². The fourth-order valence-corrected chi connectivity index (χ4v) is 3.64. The molecule has 0 radical (unpaired) electrons. The van der Waals surface area contributed by atoms with Crippen LogP contribution >= 0.6 is 0 Å². The van der Waals surface area contributed by atoms with Gasteiger partial charge < -0.3 is 19.4 Å². The van der Waals surface area contributed by atoms with Crippen LogP contribution in [0.5, 0.6) is 5.75 Å². The third-order valence-corrected chi connectivity index (χ3v) is 4.78. The average Bonchev–Trinajstić information content (AvgIpc) is 3.25. The van der Waals surface area contributed by atoms with E-state index >= 15 is 0 Å². The number of carbonyl (C=O) groups excluding carboxylic acids is 1. The lowest BCUT2D eigenvalue weighted by molar-refractivity contribution is -0.130. The van der Waals surface area contributed by atoms with Crippen LogP contribution in [0.1, 0.15) is 42.7 Å². The third kappa shape index (κ3) is 2.46. The number of hydrogen-bond donors (Lipinski definition) is 1. The summed E-state index contributed by atoms with van der Waals surface area (Å²) in [7, 11) is 1.67. The van der Waals surface area contributed by atoms with Gasteiger partial charge in [0.25, 0.3) is 0 Å². The van der Waals surface area contributed by atoms with E-state index < -0.39 is 0 Å². The summed E-state index contributed by atoms with van der Waals surface area (Å²) in [5, 5.41) is 3.53. The molecule has 0 aliphatic carbocycles. The minimum atomic E-state index is 0.0615. The summed E-state index contributed by atoms with van der Waals surface area (Å²) >= 11 is 0. The van der Waals surface area contributed by atoms with Gasteiger partial charge in [0.2, 0.25) is 5.91 Å². The van der Waals surface area contributed by atoms with Gasteiger partial charge >= 0.3 is 0 Å². The van der Waals surface area contributed by atoms with Crippen LogP contribution in [-0.4, -0.2) is 24.5 Å². The maximum absolute atomic E-state index is 12.3. The van der Waals surface area contributed by atoms with E-state index in [1.54, 1.807) is 13.4 Å². The lowest BCUT2D eigenvalue weighted by atomic mass is 9.90. The largest absolute Gasteiger partial charge is 0.497 e. The molecule has 2 aliphatic heterocycles. The van der Waals surface area contributed by atoms with Gasteiger partial charge in [-0.05, 0) is 43.2 Å². The molecule has 0 bridgehead atoms. The van der Waals surface area contributed by atoms with Gasteiger partial charge in [-0.2, -0.15) is 0 Å². The molecule has 0 spiro atoms.